The molecule has 0 saturated carbocycles. The van der Waals surface area contributed by atoms with Crippen molar-refractivity contribution in [3.05, 3.63) is 59.4 Å². The number of pyridine rings is 1. The van der Waals surface area contributed by atoms with E-state index in [0.29, 0.717) is 18.8 Å². The maximum atomic E-state index is 10.9. The fourth-order valence-electron chi connectivity index (χ4n) is 2.26. The average Bonchev–Trinajstić information content (AvgIpc) is 2.89. The Morgan fingerprint density at radius 2 is 2.15 bits per heavy atom. The monoisotopic (exact) mass is 270 g/mol. The molecule has 1 atom stereocenters. The minimum atomic E-state index is -1.01. The van der Waals surface area contributed by atoms with Crippen LogP contribution in [0.4, 0.5) is 0 Å². The van der Waals surface area contributed by atoms with Crippen LogP contribution in [-0.2, 0) is 6.54 Å². The molecule has 102 valence electrons. The predicted molar refractivity (Wildman–Crippen MR) is 72.7 cm³/mol. The number of para-hydroxylation sites is 1. The molecular formula is C15H14N2O3. The van der Waals surface area contributed by atoms with Crippen molar-refractivity contribution in [1.82, 2.24) is 10.3 Å². The highest BCUT2D eigenvalue weighted by Crippen LogP contribution is 2.31. The van der Waals surface area contributed by atoms with Gasteiger partial charge in [0, 0.05) is 12.1 Å². The zero-order valence-electron chi connectivity index (χ0n) is 10.7. The van der Waals surface area contributed by atoms with Crippen molar-refractivity contribution in [1.29, 1.82) is 0 Å². The van der Waals surface area contributed by atoms with Gasteiger partial charge in [0.1, 0.15) is 18.1 Å². The highest BCUT2D eigenvalue weighted by atomic mass is 16.5. The van der Waals surface area contributed by atoms with E-state index in [1.165, 1.54) is 6.07 Å². The molecule has 1 aliphatic heterocycles. The van der Waals surface area contributed by atoms with E-state index in [2.05, 4.69) is 10.3 Å². The predicted octanol–water partition coefficient (Wildman–Crippen LogP) is 2.00. The van der Waals surface area contributed by atoms with Gasteiger partial charge in [-0.15, -0.1) is 0 Å². The third kappa shape index (κ3) is 2.48. The second-order valence-electron chi connectivity index (χ2n) is 4.60. The largest absolute Gasteiger partial charge is 0.491 e. The number of aromatic nitrogens is 1. The van der Waals surface area contributed by atoms with Crippen LogP contribution >= 0.6 is 0 Å². The molecule has 2 aromatic rings. The van der Waals surface area contributed by atoms with Crippen LogP contribution in [0.2, 0.25) is 0 Å². The second kappa shape index (κ2) is 5.30. The Morgan fingerprint density at radius 3 is 3.00 bits per heavy atom. The van der Waals surface area contributed by atoms with Crippen molar-refractivity contribution in [3.63, 3.8) is 0 Å². The molecule has 3 rings (SSSR count). The summed E-state index contributed by atoms with van der Waals surface area (Å²) in [5.74, 6) is -0.112. The summed E-state index contributed by atoms with van der Waals surface area (Å²) in [4.78, 5) is 15.0. The first-order valence-electron chi connectivity index (χ1n) is 6.38. The van der Waals surface area contributed by atoms with Crippen LogP contribution in [0, 0.1) is 0 Å². The lowest BCUT2D eigenvalue weighted by Crippen LogP contribution is -2.22. The van der Waals surface area contributed by atoms with E-state index in [0.717, 1.165) is 11.3 Å². The van der Waals surface area contributed by atoms with Crippen LogP contribution in [0.3, 0.4) is 0 Å². The number of nitrogens with one attached hydrogen (secondary N) is 1. The van der Waals surface area contributed by atoms with Gasteiger partial charge in [-0.05, 0) is 18.2 Å². The van der Waals surface area contributed by atoms with Crippen molar-refractivity contribution in [2.75, 3.05) is 6.61 Å². The van der Waals surface area contributed by atoms with Gasteiger partial charge in [-0.3, -0.25) is 0 Å². The molecule has 0 radical (unpaired) electrons. The van der Waals surface area contributed by atoms with Crippen molar-refractivity contribution >= 4 is 5.97 Å². The molecule has 2 N–H and O–H groups in total. The Hall–Kier alpha value is -2.40. The van der Waals surface area contributed by atoms with E-state index < -0.39 is 5.97 Å². The summed E-state index contributed by atoms with van der Waals surface area (Å²) in [6, 6.07) is 13.0. The summed E-state index contributed by atoms with van der Waals surface area (Å²) in [5, 5.41) is 12.3. The normalized spacial score (nSPS) is 16.5. The molecule has 1 aliphatic rings. The molecule has 1 unspecified atom stereocenters. The fraction of sp³-hybridized carbons (Fsp3) is 0.200. The zero-order chi connectivity index (χ0) is 13.9. The highest BCUT2D eigenvalue weighted by molar-refractivity contribution is 5.85. The summed E-state index contributed by atoms with van der Waals surface area (Å²) in [5.41, 5.74) is 1.89. The number of ether oxygens (including phenoxy) is 1. The van der Waals surface area contributed by atoms with Crippen LogP contribution in [0.5, 0.6) is 5.75 Å². The van der Waals surface area contributed by atoms with Gasteiger partial charge >= 0.3 is 5.97 Å². The third-order valence-electron chi connectivity index (χ3n) is 3.26. The van der Waals surface area contributed by atoms with E-state index in [1.54, 1.807) is 12.1 Å². The van der Waals surface area contributed by atoms with Gasteiger partial charge in [0.15, 0.2) is 0 Å². The van der Waals surface area contributed by atoms with Gasteiger partial charge < -0.3 is 15.2 Å². The van der Waals surface area contributed by atoms with E-state index >= 15 is 0 Å². The third-order valence-corrected chi connectivity index (χ3v) is 3.26. The number of benzene rings is 1. The first-order valence-corrected chi connectivity index (χ1v) is 6.38. The van der Waals surface area contributed by atoms with Crippen molar-refractivity contribution in [3.8, 4) is 5.75 Å². The Bertz CT molecular complexity index is 643. The number of hydrogen-bond donors (Lipinski definition) is 2. The lowest BCUT2D eigenvalue weighted by Gasteiger charge is -2.11. The summed E-state index contributed by atoms with van der Waals surface area (Å²) < 4.78 is 5.58. The summed E-state index contributed by atoms with van der Waals surface area (Å²) in [7, 11) is 0. The molecular weight excluding hydrogens is 256 g/mol. The second-order valence-corrected chi connectivity index (χ2v) is 4.60. The van der Waals surface area contributed by atoms with Crippen LogP contribution in [-0.4, -0.2) is 22.7 Å². The first kappa shape index (κ1) is 12.6. The SMILES string of the molecule is O=C(O)c1cccc(CNC2COc3ccccc32)n1. The maximum absolute atomic E-state index is 10.9. The molecule has 0 bridgehead atoms. The highest BCUT2D eigenvalue weighted by Gasteiger charge is 2.22. The Morgan fingerprint density at radius 1 is 1.30 bits per heavy atom. The Labute approximate surface area is 116 Å². The lowest BCUT2D eigenvalue weighted by atomic mass is 10.1. The van der Waals surface area contributed by atoms with Gasteiger partial charge in [-0.25, -0.2) is 9.78 Å². The van der Waals surface area contributed by atoms with Crippen molar-refractivity contribution in [2.24, 2.45) is 0 Å². The fourth-order valence-corrected chi connectivity index (χ4v) is 2.26. The molecule has 5 nitrogen and oxygen atoms in total. The van der Waals surface area contributed by atoms with Crippen LogP contribution in [0.1, 0.15) is 27.8 Å². The van der Waals surface area contributed by atoms with Crippen LogP contribution in [0.15, 0.2) is 42.5 Å². The number of hydrogen-bond acceptors (Lipinski definition) is 4. The minimum Gasteiger partial charge on any atom is -0.491 e. The average molecular weight is 270 g/mol. The lowest BCUT2D eigenvalue weighted by molar-refractivity contribution is 0.0690. The molecule has 0 saturated heterocycles. The molecule has 0 amide bonds. The molecule has 1 aromatic heterocycles. The number of aromatic carboxylic acids is 1. The van der Waals surface area contributed by atoms with E-state index in [1.807, 2.05) is 24.3 Å². The molecule has 0 fully saturated rings. The van der Waals surface area contributed by atoms with E-state index in [4.69, 9.17) is 9.84 Å². The summed E-state index contributed by atoms with van der Waals surface area (Å²) in [6.45, 7) is 1.08. The topological polar surface area (TPSA) is 71.5 Å². The first-order chi connectivity index (χ1) is 9.74. The van der Waals surface area contributed by atoms with Crippen LogP contribution in [0.25, 0.3) is 0 Å². The summed E-state index contributed by atoms with van der Waals surface area (Å²) in [6.07, 6.45) is 0. The molecule has 2 heterocycles. The number of fused-ring (bicyclic) bond motifs is 1. The standard InChI is InChI=1S/C15H14N2O3/c18-15(19)12-6-3-4-10(17-12)8-16-13-9-20-14-7-2-1-5-11(13)14/h1-7,13,16H,8-9H2,(H,18,19). The van der Waals surface area contributed by atoms with E-state index in [-0.39, 0.29) is 11.7 Å². The van der Waals surface area contributed by atoms with Crippen molar-refractivity contribution in [2.45, 2.75) is 12.6 Å². The number of carbonyl (C=O) groups is 1. The molecule has 5 heteroatoms. The number of nitrogens with zero attached hydrogens (tertiary/aromatic N) is 1. The van der Waals surface area contributed by atoms with Gasteiger partial charge in [-0.2, -0.15) is 0 Å². The van der Waals surface area contributed by atoms with Gasteiger partial charge in [0.25, 0.3) is 0 Å². The maximum Gasteiger partial charge on any atom is 0.354 e. The summed E-state index contributed by atoms with van der Waals surface area (Å²) >= 11 is 0. The smallest absolute Gasteiger partial charge is 0.354 e. The zero-order valence-corrected chi connectivity index (χ0v) is 10.7. The number of carboxylic acid groups (broad SMARTS) is 1. The quantitative estimate of drug-likeness (QED) is 0.889. The number of rotatable bonds is 4. The van der Waals surface area contributed by atoms with Gasteiger partial charge in [-0.1, -0.05) is 24.3 Å². The number of carboxylic acids is 1. The van der Waals surface area contributed by atoms with Gasteiger partial charge in [0.05, 0.1) is 11.7 Å². The molecule has 0 aliphatic carbocycles. The van der Waals surface area contributed by atoms with Gasteiger partial charge in [0.2, 0.25) is 0 Å². The molecule has 20 heavy (non-hydrogen) atoms. The Balaban J connectivity index is 1.69. The van der Waals surface area contributed by atoms with E-state index in [9.17, 15) is 4.79 Å². The van der Waals surface area contributed by atoms with Crippen LogP contribution < -0.4 is 10.1 Å². The molecule has 1 aromatic carbocycles. The minimum absolute atomic E-state index is 0.0624. The van der Waals surface area contributed by atoms with Crippen molar-refractivity contribution < 1.29 is 14.6 Å². The Kier molecular flexibility index (Phi) is 3.35. The molecule has 0 spiro atoms.